The van der Waals surface area contributed by atoms with Crippen molar-refractivity contribution in [2.24, 2.45) is 0 Å². The zero-order valence-electron chi connectivity index (χ0n) is 11.9. The largest absolute Gasteiger partial charge is 0.508 e. The van der Waals surface area contributed by atoms with E-state index in [4.69, 9.17) is 0 Å². The molecule has 2 nitrogen and oxygen atoms in total. The van der Waals surface area contributed by atoms with Crippen LogP contribution in [0.1, 0.15) is 36.1 Å². The van der Waals surface area contributed by atoms with Gasteiger partial charge in [0.1, 0.15) is 11.5 Å². The van der Waals surface area contributed by atoms with E-state index in [2.05, 4.69) is 13.8 Å². The van der Waals surface area contributed by atoms with Gasteiger partial charge in [0.15, 0.2) is 0 Å². The van der Waals surface area contributed by atoms with E-state index in [-0.39, 0.29) is 5.41 Å². The van der Waals surface area contributed by atoms with Crippen LogP contribution in [-0.4, -0.2) is 10.2 Å². The molecule has 19 heavy (non-hydrogen) atoms. The number of aryl methyl sites for hydroxylation is 2. The third-order valence-corrected chi connectivity index (χ3v) is 3.86. The van der Waals surface area contributed by atoms with Gasteiger partial charge in [-0.3, -0.25) is 0 Å². The van der Waals surface area contributed by atoms with Crippen molar-refractivity contribution in [2.45, 2.75) is 33.1 Å². The number of phenols is 2. The second kappa shape index (κ2) is 4.61. The van der Waals surface area contributed by atoms with E-state index in [1.165, 1.54) is 0 Å². The third-order valence-electron chi connectivity index (χ3n) is 3.86. The summed E-state index contributed by atoms with van der Waals surface area (Å²) in [6.45, 7) is 7.93. The lowest BCUT2D eigenvalue weighted by Gasteiger charge is -2.27. The molecule has 0 saturated carbocycles. The maximum atomic E-state index is 9.86. The molecule has 0 aliphatic heterocycles. The average molecular weight is 256 g/mol. The van der Waals surface area contributed by atoms with Crippen LogP contribution in [0.3, 0.4) is 0 Å². The summed E-state index contributed by atoms with van der Waals surface area (Å²) in [5.41, 5.74) is 3.52. The Bertz CT molecular complexity index is 559. The fourth-order valence-corrected chi connectivity index (χ4v) is 2.16. The van der Waals surface area contributed by atoms with E-state index in [1.807, 2.05) is 38.1 Å². The van der Waals surface area contributed by atoms with Crippen LogP contribution in [0.4, 0.5) is 0 Å². The summed E-state index contributed by atoms with van der Waals surface area (Å²) < 4.78 is 0. The van der Waals surface area contributed by atoms with Crippen molar-refractivity contribution in [3.05, 3.63) is 58.7 Å². The summed E-state index contributed by atoms with van der Waals surface area (Å²) in [4.78, 5) is 0. The van der Waals surface area contributed by atoms with Gasteiger partial charge in [-0.05, 0) is 48.2 Å². The van der Waals surface area contributed by atoms with Crippen molar-refractivity contribution in [1.82, 2.24) is 0 Å². The number of rotatable bonds is 2. The van der Waals surface area contributed by atoms with Gasteiger partial charge in [0.25, 0.3) is 0 Å². The number of aromatic hydroxyl groups is 2. The Morgan fingerprint density at radius 2 is 1.11 bits per heavy atom. The third kappa shape index (κ3) is 2.43. The van der Waals surface area contributed by atoms with Gasteiger partial charge in [-0.1, -0.05) is 38.1 Å². The van der Waals surface area contributed by atoms with E-state index in [1.54, 1.807) is 12.1 Å². The molecule has 0 atom stereocenters. The van der Waals surface area contributed by atoms with Crippen molar-refractivity contribution in [3.63, 3.8) is 0 Å². The minimum atomic E-state index is -0.268. The first kappa shape index (κ1) is 13.5. The first-order valence-corrected chi connectivity index (χ1v) is 6.42. The summed E-state index contributed by atoms with van der Waals surface area (Å²) in [6, 6.07) is 11.5. The maximum Gasteiger partial charge on any atom is 0.118 e. The van der Waals surface area contributed by atoms with Crippen molar-refractivity contribution < 1.29 is 10.2 Å². The molecule has 2 heteroatoms. The van der Waals surface area contributed by atoms with E-state index < -0.39 is 0 Å². The second-order valence-corrected chi connectivity index (χ2v) is 5.63. The standard InChI is InChI=1S/C17H20O2/c1-11-5-7-13(9-15(11)18)17(3,4)14-8-6-12(2)16(19)10-14/h5-10,18-19H,1-4H3. The number of hydrogen-bond donors (Lipinski definition) is 2. The zero-order valence-corrected chi connectivity index (χ0v) is 11.9. The summed E-state index contributed by atoms with van der Waals surface area (Å²) in [7, 11) is 0. The van der Waals surface area contributed by atoms with Crippen molar-refractivity contribution in [3.8, 4) is 11.5 Å². The molecular formula is C17H20O2. The fraction of sp³-hybridized carbons (Fsp3) is 0.294. The average Bonchev–Trinajstić information content (AvgIpc) is 2.35. The van der Waals surface area contributed by atoms with Gasteiger partial charge in [-0.2, -0.15) is 0 Å². The Labute approximate surface area is 114 Å². The van der Waals surface area contributed by atoms with Crippen molar-refractivity contribution in [2.75, 3.05) is 0 Å². The lowest BCUT2D eigenvalue weighted by atomic mass is 9.77. The Morgan fingerprint density at radius 3 is 1.42 bits per heavy atom. The van der Waals surface area contributed by atoms with Gasteiger partial charge < -0.3 is 10.2 Å². The van der Waals surface area contributed by atoms with Crippen LogP contribution in [0.2, 0.25) is 0 Å². The van der Waals surface area contributed by atoms with Crippen LogP contribution in [0, 0.1) is 13.8 Å². The summed E-state index contributed by atoms with van der Waals surface area (Å²) in [5, 5.41) is 19.7. The molecule has 0 spiro atoms. The fourth-order valence-electron chi connectivity index (χ4n) is 2.16. The molecular weight excluding hydrogens is 236 g/mol. The van der Waals surface area contributed by atoms with Gasteiger partial charge in [0.05, 0.1) is 0 Å². The van der Waals surface area contributed by atoms with Crippen LogP contribution in [0.5, 0.6) is 11.5 Å². The smallest absolute Gasteiger partial charge is 0.118 e. The molecule has 0 aliphatic carbocycles. The van der Waals surface area contributed by atoms with Crippen molar-refractivity contribution >= 4 is 0 Å². The number of benzene rings is 2. The molecule has 0 radical (unpaired) electrons. The molecule has 0 amide bonds. The van der Waals surface area contributed by atoms with Crippen LogP contribution >= 0.6 is 0 Å². The van der Waals surface area contributed by atoms with Crippen LogP contribution in [0.25, 0.3) is 0 Å². The quantitative estimate of drug-likeness (QED) is 0.851. The summed E-state index contributed by atoms with van der Waals surface area (Å²) in [6.07, 6.45) is 0. The topological polar surface area (TPSA) is 40.5 Å². The maximum absolute atomic E-state index is 9.86. The highest BCUT2D eigenvalue weighted by Crippen LogP contribution is 2.35. The molecule has 0 heterocycles. The molecule has 0 fully saturated rings. The molecule has 0 aliphatic rings. The Balaban J connectivity index is 2.51. The lowest BCUT2D eigenvalue weighted by molar-refractivity contribution is 0.465. The first-order chi connectivity index (χ1) is 8.82. The predicted molar refractivity (Wildman–Crippen MR) is 77.8 cm³/mol. The van der Waals surface area contributed by atoms with E-state index >= 15 is 0 Å². The molecule has 0 bridgehead atoms. The van der Waals surface area contributed by atoms with Gasteiger partial charge in [0.2, 0.25) is 0 Å². The highest BCUT2D eigenvalue weighted by Gasteiger charge is 2.24. The first-order valence-electron chi connectivity index (χ1n) is 6.42. The predicted octanol–water partition coefficient (Wildman–Crippen LogP) is 4.04. The summed E-state index contributed by atoms with van der Waals surface area (Å²) in [5.74, 6) is 0.615. The van der Waals surface area contributed by atoms with E-state index in [0.29, 0.717) is 11.5 Å². The number of hydrogen-bond acceptors (Lipinski definition) is 2. The second-order valence-electron chi connectivity index (χ2n) is 5.63. The Hall–Kier alpha value is -1.96. The highest BCUT2D eigenvalue weighted by atomic mass is 16.3. The molecule has 2 N–H and O–H groups in total. The van der Waals surface area contributed by atoms with Gasteiger partial charge in [0, 0.05) is 5.41 Å². The minimum Gasteiger partial charge on any atom is -0.508 e. The van der Waals surface area contributed by atoms with Gasteiger partial charge >= 0.3 is 0 Å². The van der Waals surface area contributed by atoms with E-state index in [0.717, 1.165) is 22.3 Å². The van der Waals surface area contributed by atoms with Crippen LogP contribution in [-0.2, 0) is 5.41 Å². The molecule has 2 rings (SSSR count). The van der Waals surface area contributed by atoms with Crippen molar-refractivity contribution in [1.29, 1.82) is 0 Å². The molecule has 0 saturated heterocycles. The molecule has 2 aromatic carbocycles. The summed E-state index contributed by atoms with van der Waals surface area (Å²) >= 11 is 0. The highest BCUT2D eigenvalue weighted by molar-refractivity contribution is 5.46. The minimum absolute atomic E-state index is 0.268. The molecule has 0 unspecified atom stereocenters. The molecule has 2 aromatic rings. The monoisotopic (exact) mass is 256 g/mol. The Kier molecular flexibility index (Phi) is 3.27. The molecule has 100 valence electrons. The van der Waals surface area contributed by atoms with Crippen LogP contribution in [0.15, 0.2) is 36.4 Å². The van der Waals surface area contributed by atoms with Gasteiger partial charge in [-0.25, -0.2) is 0 Å². The Morgan fingerprint density at radius 1 is 0.737 bits per heavy atom. The number of phenolic OH excluding ortho intramolecular Hbond substituents is 2. The normalized spacial score (nSPS) is 11.6. The lowest BCUT2D eigenvalue weighted by Crippen LogP contribution is -2.18. The zero-order chi connectivity index (χ0) is 14.2. The molecule has 0 aromatic heterocycles. The van der Waals surface area contributed by atoms with E-state index in [9.17, 15) is 10.2 Å². The van der Waals surface area contributed by atoms with Crippen LogP contribution < -0.4 is 0 Å². The van der Waals surface area contributed by atoms with Gasteiger partial charge in [-0.15, -0.1) is 0 Å². The SMILES string of the molecule is Cc1ccc(C(C)(C)c2ccc(C)c(O)c2)cc1O.